The van der Waals surface area contributed by atoms with Gasteiger partial charge in [0, 0.05) is 24.2 Å². The first-order valence-corrected chi connectivity index (χ1v) is 8.16. The molecule has 1 fully saturated rings. The minimum Gasteiger partial charge on any atom is -0.454 e. The molecule has 1 saturated carbocycles. The zero-order chi connectivity index (χ0) is 18.3. The van der Waals surface area contributed by atoms with Crippen molar-refractivity contribution >= 4 is 28.5 Å². The Balaban J connectivity index is 1.77. The third-order valence-corrected chi connectivity index (χ3v) is 4.45. The van der Waals surface area contributed by atoms with Crippen LogP contribution in [0.4, 0.5) is 11.8 Å². The Bertz CT molecular complexity index is 955. The summed E-state index contributed by atoms with van der Waals surface area (Å²) in [4.78, 5) is 24.3. The van der Waals surface area contributed by atoms with Crippen LogP contribution < -0.4 is 11.1 Å². The van der Waals surface area contributed by atoms with E-state index in [1.54, 1.807) is 24.5 Å². The van der Waals surface area contributed by atoms with E-state index < -0.39 is 17.6 Å². The lowest BCUT2D eigenvalue weighted by Gasteiger charge is -2.34. The highest BCUT2D eigenvalue weighted by molar-refractivity contribution is 5.94. The van der Waals surface area contributed by atoms with Crippen molar-refractivity contribution in [2.75, 3.05) is 11.1 Å². The maximum atomic E-state index is 12.3. The zero-order valence-corrected chi connectivity index (χ0v) is 13.7. The minimum absolute atomic E-state index is 0.0264. The molecule has 0 spiro atoms. The highest BCUT2D eigenvalue weighted by atomic mass is 16.3. The molecule has 0 saturated heterocycles. The summed E-state index contributed by atoms with van der Waals surface area (Å²) in [5, 5.41) is 24.1. The van der Waals surface area contributed by atoms with E-state index in [0.29, 0.717) is 29.7 Å². The first kappa shape index (κ1) is 16.4. The number of aromatic nitrogens is 3. The number of hydrogen-bond acceptors (Lipinski definition) is 9. The fourth-order valence-electron chi connectivity index (χ4n) is 3.09. The number of anilines is 2. The summed E-state index contributed by atoms with van der Waals surface area (Å²) in [7, 11) is 0. The molecule has 3 aromatic heterocycles. The molecule has 3 heterocycles. The first-order chi connectivity index (χ1) is 12.5. The van der Waals surface area contributed by atoms with Gasteiger partial charge in [-0.25, -0.2) is 4.98 Å². The second-order valence-electron chi connectivity index (χ2n) is 6.27. The van der Waals surface area contributed by atoms with Crippen LogP contribution in [0, 0.1) is 0 Å². The Labute approximate surface area is 147 Å². The lowest BCUT2D eigenvalue weighted by molar-refractivity contribution is -0.148. The number of carbonyl (C=O) groups excluding carboxylic acids is 1. The topological polar surface area (TPSA) is 147 Å². The third-order valence-electron chi connectivity index (χ3n) is 4.45. The molecule has 9 nitrogen and oxygen atoms in total. The molecule has 0 amide bonds. The molecular weight excluding hydrogens is 338 g/mol. The van der Waals surface area contributed by atoms with Crippen LogP contribution in [-0.2, 0) is 4.79 Å². The molecule has 134 valence electrons. The van der Waals surface area contributed by atoms with Crippen LogP contribution in [0.2, 0.25) is 0 Å². The van der Waals surface area contributed by atoms with E-state index in [-0.39, 0.29) is 18.2 Å². The number of Topliss-reactive ketones (excluding diaryl/α,β-unsaturated/α-hetero) is 1. The molecule has 5 N–H and O–H groups in total. The van der Waals surface area contributed by atoms with Gasteiger partial charge in [0.2, 0.25) is 11.7 Å². The van der Waals surface area contributed by atoms with Gasteiger partial charge in [-0.1, -0.05) is 0 Å². The largest absolute Gasteiger partial charge is 0.454 e. The predicted molar refractivity (Wildman–Crippen MR) is 92.9 cm³/mol. The van der Waals surface area contributed by atoms with E-state index in [0.717, 1.165) is 5.39 Å². The lowest BCUT2D eigenvalue weighted by Crippen LogP contribution is -2.54. The number of carbonyl (C=O) groups is 1. The van der Waals surface area contributed by atoms with E-state index in [4.69, 9.17) is 10.2 Å². The average Bonchev–Trinajstić information content (AvgIpc) is 3.03. The van der Waals surface area contributed by atoms with E-state index >= 15 is 0 Å². The second kappa shape index (κ2) is 6.04. The maximum Gasteiger partial charge on any atom is 0.221 e. The van der Waals surface area contributed by atoms with Gasteiger partial charge in [0.1, 0.15) is 17.7 Å². The van der Waals surface area contributed by atoms with Gasteiger partial charge < -0.3 is 25.7 Å². The standard InChI is InChI=1S/C17H17N5O4/c18-16-20-7-10(12-6-9-3-5-19-8-13(9)26-12)15(21-16)22-17(25)4-1-2-11(23)14(17)24/h3,5-8,11,23,25H,1-2,4H2,(H3,18,20,21,22). The van der Waals surface area contributed by atoms with Gasteiger partial charge in [0.15, 0.2) is 11.3 Å². The third kappa shape index (κ3) is 2.76. The summed E-state index contributed by atoms with van der Waals surface area (Å²) in [6.07, 6.45) is 4.41. The summed E-state index contributed by atoms with van der Waals surface area (Å²) in [6, 6.07) is 3.57. The van der Waals surface area contributed by atoms with Gasteiger partial charge >= 0.3 is 0 Å². The molecule has 9 heteroatoms. The maximum absolute atomic E-state index is 12.3. The number of pyridine rings is 1. The monoisotopic (exact) mass is 355 g/mol. The van der Waals surface area contributed by atoms with Crippen molar-refractivity contribution in [3.8, 4) is 11.3 Å². The van der Waals surface area contributed by atoms with Crippen LogP contribution >= 0.6 is 0 Å². The molecule has 0 aliphatic heterocycles. The Morgan fingerprint density at radius 3 is 3.04 bits per heavy atom. The summed E-state index contributed by atoms with van der Waals surface area (Å²) in [5.41, 5.74) is 4.75. The van der Waals surface area contributed by atoms with Crippen molar-refractivity contribution in [3.63, 3.8) is 0 Å². The molecule has 1 aliphatic carbocycles. The quantitative estimate of drug-likeness (QED) is 0.506. The van der Waals surface area contributed by atoms with Gasteiger partial charge in [-0.3, -0.25) is 9.78 Å². The average molecular weight is 355 g/mol. The molecule has 1 aliphatic rings. The van der Waals surface area contributed by atoms with Crippen molar-refractivity contribution in [2.24, 2.45) is 0 Å². The summed E-state index contributed by atoms with van der Waals surface area (Å²) in [6.45, 7) is 0. The van der Waals surface area contributed by atoms with Crippen molar-refractivity contribution in [1.29, 1.82) is 0 Å². The summed E-state index contributed by atoms with van der Waals surface area (Å²) in [5.74, 6) is -0.139. The second-order valence-corrected chi connectivity index (χ2v) is 6.27. The number of nitrogen functional groups attached to an aromatic ring is 1. The van der Waals surface area contributed by atoms with Crippen LogP contribution in [-0.4, -0.2) is 42.8 Å². The van der Waals surface area contributed by atoms with Crippen LogP contribution in [0.3, 0.4) is 0 Å². The van der Waals surface area contributed by atoms with Gasteiger partial charge in [-0.2, -0.15) is 4.98 Å². The Morgan fingerprint density at radius 2 is 2.23 bits per heavy atom. The fraction of sp³-hybridized carbons (Fsp3) is 0.294. The molecule has 3 aromatic rings. The predicted octanol–water partition coefficient (Wildman–Crippen LogP) is 1.08. The fourth-order valence-corrected chi connectivity index (χ4v) is 3.09. The van der Waals surface area contributed by atoms with Crippen molar-refractivity contribution in [1.82, 2.24) is 15.0 Å². The number of ketones is 1. The molecular formula is C17H17N5O4. The Morgan fingerprint density at radius 1 is 1.38 bits per heavy atom. The van der Waals surface area contributed by atoms with Crippen LogP contribution in [0.25, 0.3) is 22.3 Å². The Kier molecular flexibility index (Phi) is 3.82. The smallest absolute Gasteiger partial charge is 0.221 e. The number of nitrogens with one attached hydrogen (secondary N) is 1. The van der Waals surface area contributed by atoms with Crippen LogP contribution in [0.5, 0.6) is 0 Å². The van der Waals surface area contributed by atoms with Gasteiger partial charge in [-0.05, 0) is 25.0 Å². The van der Waals surface area contributed by atoms with Gasteiger partial charge in [-0.15, -0.1) is 0 Å². The molecule has 4 rings (SSSR count). The van der Waals surface area contributed by atoms with Gasteiger partial charge in [0.05, 0.1) is 11.8 Å². The van der Waals surface area contributed by atoms with Crippen molar-refractivity contribution < 1.29 is 19.4 Å². The molecule has 26 heavy (non-hydrogen) atoms. The van der Waals surface area contributed by atoms with Gasteiger partial charge in [0.25, 0.3) is 0 Å². The zero-order valence-electron chi connectivity index (χ0n) is 13.7. The van der Waals surface area contributed by atoms with Crippen molar-refractivity contribution in [2.45, 2.75) is 31.1 Å². The highest BCUT2D eigenvalue weighted by Gasteiger charge is 2.43. The van der Waals surface area contributed by atoms with E-state index in [2.05, 4.69) is 20.3 Å². The SMILES string of the molecule is Nc1ncc(-c2cc3ccncc3o2)c(NC2(O)CCCC(O)C2=O)n1. The molecule has 2 atom stereocenters. The normalized spacial score (nSPS) is 23.3. The summed E-state index contributed by atoms with van der Waals surface area (Å²) < 4.78 is 5.77. The number of fused-ring (bicyclic) bond motifs is 1. The Hall–Kier alpha value is -3.04. The lowest BCUT2D eigenvalue weighted by atomic mass is 9.88. The molecule has 0 bridgehead atoms. The minimum atomic E-state index is -1.93. The number of hydrogen-bond donors (Lipinski definition) is 4. The van der Waals surface area contributed by atoms with E-state index in [1.165, 1.54) is 6.20 Å². The number of aliphatic hydroxyl groups is 2. The number of nitrogens with two attached hydrogens (primary N) is 1. The number of furan rings is 1. The van der Waals surface area contributed by atoms with Crippen molar-refractivity contribution in [3.05, 3.63) is 30.7 Å². The molecule has 2 unspecified atom stereocenters. The number of aliphatic hydroxyl groups excluding tert-OH is 1. The van der Waals surface area contributed by atoms with E-state index in [9.17, 15) is 15.0 Å². The van der Waals surface area contributed by atoms with Crippen LogP contribution in [0.15, 0.2) is 35.1 Å². The van der Waals surface area contributed by atoms with Crippen LogP contribution in [0.1, 0.15) is 19.3 Å². The molecule has 0 radical (unpaired) electrons. The van der Waals surface area contributed by atoms with E-state index in [1.807, 2.05) is 0 Å². The number of nitrogens with zero attached hydrogens (tertiary/aromatic N) is 3. The first-order valence-electron chi connectivity index (χ1n) is 8.16. The number of rotatable bonds is 3. The highest BCUT2D eigenvalue weighted by Crippen LogP contribution is 2.34. The summed E-state index contributed by atoms with van der Waals surface area (Å²) >= 11 is 0. The molecule has 0 aromatic carbocycles.